The second-order valence-corrected chi connectivity index (χ2v) is 3.29. The second kappa shape index (κ2) is 5.42. The molecule has 1 aromatic rings. The number of esters is 1. The first-order valence-corrected chi connectivity index (χ1v) is 5.47. The molecule has 0 aliphatic carbocycles. The van der Waals surface area contributed by atoms with Crippen molar-refractivity contribution < 1.29 is 14.5 Å². The standard InChI is InChI=1S/C10H15N3O4/c1-4-7-8(13(15)16)9(10(14)17-6-3)12(5-2)11-7/h4-6H2,1-3H3. The van der Waals surface area contributed by atoms with Crippen LogP contribution < -0.4 is 0 Å². The first kappa shape index (κ1) is 13.1. The molecule has 1 heterocycles. The Morgan fingerprint density at radius 3 is 2.53 bits per heavy atom. The van der Waals surface area contributed by atoms with Crippen LogP contribution in [-0.4, -0.2) is 27.3 Å². The molecule has 1 rings (SSSR count). The average molecular weight is 241 g/mol. The summed E-state index contributed by atoms with van der Waals surface area (Å²) in [5.74, 6) is -0.701. The maximum absolute atomic E-state index is 11.7. The first-order valence-electron chi connectivity index (χ1n) is 5.47. The lowest BCUT2D eigenvalue weighted by molar-refractivity contribution is -0.386. The minimum atomic E-state index is -0.701. The molecule has 0 saturated heterocycles. The van der Waals surface area contributed by atoms with Crippen molar-refractivity contribution in [1.29, 1.82) is 0 Å². The number of carbonyl (C=O) groups excluding carboxylic acids is 1. The van der Waals surface area contributed by atoms with Crippen LogP contribution in [0.1, 0.15) is 37.0 Å². The van der Waals surface area contributed by atoms with E-state index in [0.29, 0.717) is 18.7 Å². The van der Waals surface area contributed by atoms with Gasteiger partial charge in [-0.2, -0.15) is 5.10 Å². The summed E-state index contributed by atoms with van der Waals surface area (Å²) < 4.78 is 6.13. The van der Waals surface area contributed by atoms with Crippen molar-refractivity contribution in [2.24, 2.45) is 0 Å². The monoisotopic (exact) mass is 241 g/mol. The van der Waals surface area contributed by atoms with Crippen LogP contribution in [0.25, 0.3) is 0 Å². The van der Waals surface area contributed by atoms with E-state index in [1.165, 1.54) is 4.68 Å². The fraction of sp³-hybridized carbons (Fsp3) is 0.600. The van der Waals surface area contributed by atoms with Gasteiger partial charge in [-0.05, 0) is 20.3 Å². The molecule has 0 atom stereocenters. The van der Waals surface area contributed by atoms with Gasteiger partial charge >= 0.3 is 11.7 Å². The third kappa shape index (κ3) is 2.43. The molecule has 0 unspecified atom stereocenters. The zero-order valence-corrected chi connectivity index (χ0v) is 10.1. The Morgan fingerprint density at radius 2 is 2.12 bits per heavy atom. The van der Waals surface area contributed by atoms with Crippen LogP contribution >= 0.6 is 0 Å². The average Bonchev–Trinajstić information content (AvgIpc) is 2.67. The Bertz CT molecular complexity index is 439. The van der Waals surface area contributed by atoms with E-state index in [4.69, 9.17) is 4.74 Å². The summed E-state index contributed by atoms with van der Waals surface area (Å²) in [6.07, 6.45) is 0.399. The predicted molar refractivity (Wildman–Crippen MR) is 59.9 cm³/mol. The van der Waals surface area contributed by atoms with E-state index in [9.17, 15) is 14.9 Å². The molecule has 0 saturated carbocycles. The zero-order valence-electron chi connectivity index (χ0n) is 10.1. The van der Waals surface area contributed by atoms with Crippen LogP contribution in [0.3, 0.4) is 0 Å². The molecule has 0 amide bonds. The largest absolute Gasteiger partial charge is 0.461 e. The fourth-order valence-electron chi connectivity index (χ4n) is 1.56. The fourth-order valence-corrected chi connectivity index (χ4v) is 1.56. The van der Waals surface area contributed by atoms with E-state index in [2.05, 4.69) is 5.10 Å². The van der Waals surface area contributed by atoms with E-state index in [0.717, 1.165) is 0 Å². The van der Waals surface area contributed by atoms with Crippen LogP contribution in [0.2, 0.25) is 0 Å². The van der Waals surface area contributed by atoms with Crippen LogP contribution in [0.15, 0.2) is 0 Å². The van der Waals surface area contributed by atoms with Crippen molar-refractivity contribution in [3.63, 3.8) is 0 Å². The number of aryl methyl sites for hydroxylation is 2. The van der Waals surface area contributed by atoms with Gasteiger partial charge in [-0.25, -0.2) is 4.79 Å². The summed E-state index contributed by atoms with van der Waals surface area (Å²) in [4.78, 5) is 22.1. The Kier molecular flexibility index (Phi) is 4.19. The highest BCUT2D eigenvalue weighted by Gasteiger charge is 2.31. The minimum absolute atomic E-state index is 0.0730. The highest BCUT2D eigenvalue weighted by molar-refractivity contribution is 5.92. The lowest BCUT2D eigenvalue weighted by Crippen LogP contribution is -2.14. The van der Waals surface area contributed by atoms with Crippen molar-refractivity contribution in [1.82, 2.24) is 9.78 Å². The molecular weight excluding hydrogens is 226 g/mol. The van der Waals surface area contributed by atoms with Crippen LogP contribution in [0, 0.1) is 10.1 Å². The van der Waals surface area contributed by atoms with Gasteiger partial charge in [-0.15, -0.1) is 0 Å². The van der Waals surface area contributed by atoms with E-state index in [1.807, 2.05) is 0 Å². The van der Waals surface area contributed by atoms with Crippen LogP contribution in [0.5, 0.6) is 0 Å². The maximum atomic E-state index is 11.7. The zero-order chi connectivity index (χ0) is 13.0. The number of hydrogen-bond donors (Lipinski definition) is 0. The van der Waals surface area contributed by atoms with E-state index >= 15 is 0 Å². The van der Waals surface area contributed by atoms with E-state index in [1.54, 1.807) is 20.8 Å². The van der Waals surface area contributed by atoms with Crippen molar-refractivity contribution in [2.45, 2.75) is 33.7 Å². The summed E-state index contributed by atoms with van der Waals surface area (Å²) >= 11 is 0. The number of aromatic nitrogens is 2. The SMILES string of the molecule is CCOC(=O)c1c([N+](=O)[O-])c(CC)nn1CC. The Hall–Kier alpha value is -1.92. The number of nitro groups is 1. The van der Waals surface area contributed by atoms with Crippen molar-refractivity contribution in [3.05, 3.63) is 21.5 Å². The molecule has 0 aliphatic rings. The quantitative estimate of drug-likeness (QED) is 0.443. The molecule has 1 aromatic heterocycles. The summed E-state index contributed by atoms with van der Waals surface area (Å²) in [6.45, 7) is 5.72. The van der Waals surface area contributed by atoms with Gasteiger partial charge in [-0.1, -0.05) is 6.92 Å². The van der Waals surface area contributed by atoms with Gasteiger partial charge < -0.3 is 4.74 Å². The minimum Gasteiger partial charge on any atom is -0.461 e. The number of hydrogen-bond acceptors (Lipinski definition) is 5. The molecule has 0 radical (unpaired) electrons. The van der Waals surface area contributed by atoms with Gasteiger partial charge in [0.05, 0.1) is 11.5 Å². The molecule has 0 fully saturated rings. The first-order chi connectivity index (χ1) is 8.06. The van der Waals surface area contributed by atoms with Crippen LogP contribution in [0.4, 0.5) is 5.69 Å². The maximum Gasteiger partial charge on any atom is 0.363 e. The Balaban J connectivity index is 3.37. The molecule has 17 heavy (non-hydrogen) atoms. The van der Waals surface area contributed by atoms with Crippen molar-refractivity contribution >= 4 is 11.7 Å². The Morgan fingerprint density at radius 1 is 1.47 bits per heavy atom. The lowest BCUT2D eigenvalue weighted by Gasteiger charge is -2.02. The van der Waals surface area contributed by atoms with Gasteiger partial charge in [0.25, 0.3) is 0 Å². The lowest BCUT2D eigenvalue weighted by atomic mass is 10.2. The molecule has 0 aromatic carbocycles. The van der Waals surface area contributed by atoms with E-state index in [-0.39, 0.29) is 18.0 Å². The summed E-state index contributed by atoms with van der Waals surface area (Å²) in [5, 5.41) is 15.0. The highest BCUT2D eigenvalue weighted by atomic mass is 16.6. The highest BCUT2D eigenvalue weighted by Crippen LogP contribution is 2.24. The number of ether oxygens (including phenoxy) is 1. The van der Waals surface area contributed by atoms with Gasteiger partial charge in [0.15, 0.2) is 0 Å². The molecule has 0 bridgehead atoms. The van der Waals surface area contributed by atoms with Crippen molar-refractivity contribution in [3.8, 4) is 0 Å². The van der Waals surface area contributed by atoms with Gasteiger partial charge in [0, 0.05) is 6.54 Å². The predicted octanol–water partition coefficient (Wildman–Crippen LogP) is 1.55. The molecule has 7 heteroatoms. The van der Waals surface area contributed by atoms with Crippen LogP contribution in [-0.2, 0) is 17.7 Å². The third-order valence-corrected chi connectivity index (χ3v) is 2.28. The van der Waals surface area contributed by atoms with Gasteiger partial charge in [0.1, 0.15) is 5.69 Å². The van der Waals surface area contributed by atoms with Gasteiger partial charge in [0.2, 0.25) is 5.69 Å². The number of nitrogens with zero attached hydrogens (tertiary/aromatic N) is 3. The second-order valence-electron chi connectivity index (χ2n) is 3.29. The van der Waals surface area contributed by atoms with Crippen molar-refractivity contribution in [2.75, 3.05) is 6.61 Å². The molecule has 0 spiro atoms. The summed E-state index contributed by atoms with van der Waals surface area (Å²) in [5.41, 5.74) is -0.0103. The molecular formula is C10H15N3O4. The summed E-state index contributed by atoms with van der Waals surface area (Å²) in [7, 11) is 0. The third-order valence-electron chi connectivity index (χ3n) is 2.28. The molecule has 7 nitrogen and oxygen atoms in total. The summed E-state index contributed by atoms with van der Waals surface area (Å²) in [6, 6.07) is 0. The number of carbonyl (C=O) groups is 1. The molecule has 0 aliphatic heterocycles. The Labute approximate surface area is 98.5 Å². The smallest absolute Gasteiger partial charge is 0.363 e. The normalized spacial score (nSPS) is 10.3. The van der Waals surface area contributed by atoms with Gasteiger partial charge in [-0.3, -0.25) is 14.8 Å². The number of rotatable bonds is 5. The molecule has 94 valence electrons. The topological polar surface area (TPSA) is 87.3 Å². The van der Waals surface area contributed by atoms with E-state index < -0.39 is 10.9 Å². The molecule has 0 N–H and O–H groups in total.